The van der Waals surface area contributed by atoms with Crippen LogP contribution in [-0.4, -0.2) is 6.04 Å². The van der Waals surface area contributed by atoms with Gasteiger partial charge in [0.1, 0.15) is 5.82 Å². The van der Waals surface area contributed by atoms with Gasteiger partial charge in [0.05, 0.1) is 5.56 Å². The van der Waals surface area contributed by atoms with E-state index in [0.717, 1.165) is 18.6 Å². The van der Waals surface area contributed by atoms with Crippen LogP contribution in [0.15, 0.2) is 18.2 Å². The van der Waals surface area contributed by atoms with Gasteiger partial charge in [-0.3, -0.25) is 0 Å². The molecule has 0 spiro atoms. The van der Waals surface area contributed by atoms with Gasteiger partial charge in [0.2, 0.25) is 0 Å². The molecule has 0 aliphatic carbocycles. The number of hydrogen-bond acceptors (Lipinski definition) is 1. The van der Waals surface area contributed by atoms with Crippen LogP contribution in [-0.2, 0) is 12.7 Å². The molecule has 1 unspecified atom stereocenters. The first-order valence-corrected chi connectivity index (χ1v) is 6.34. The predicted octanol–water partition coefficient (Wildman–Crippen LogP) is 4.37. The van der Waals surface area contributed by atoms with Crippen molar-refractivity contribution in [2.45, 2.75) is 46.0 Å². The molecule has 1 rings (SSSR count). The third kappa shape index (κ3) is 4.82. The van der Waals surface area contributed by atoms with Gasteiger partial charge >= 0.3 is 6.18 Å². The van der Waals surface area contributed by atoms with Gasteiger partial charge in [-0.25, -0.2) is 4.39 Å². The van der Waals surface area contributed by atoms with Crippen molar-refractivity contribution in [1.29, 1.82) is 0 Å². The molecule has 0 saturated carbocycles. The molecule has 108 valence electrons. The predicted molar refractivity (Wildman–Crippen MR) is 67.2 cm³/mol. The Kier molecular flexibility index (Phi) is 5.35. The average molecular weight is 277 g/mol. The lowest BCUT2D eigenvalue weighted by Crippen LogP contribution is -2.32. The van der Waals surface area contributed by atoms with Gasteiger partial charge < -0.3 is 5.32 Å². The quantitative estimate of drug-likeness (QED) is 0.788. The van der Waals surface area contributed by atoms with Crippen LogP contribution in [0.25, 0.3) is 0 Å². The molecule has 0 aromatic heterocycles. The summed E-state index contributed by atoms with van der Waals surface area (Å²) < 4.78 is 50.9. The summed E-state index contributed by atoms with van der Waals surface area (Å²) in [5, 5.41) is 3.16. The maximum absolute atomic E-state index is 13.2. The minimum Gasteiger partial charge on any atom is -0.310 e. The third-order valence-electron chi connectivity index (χ3n) is 3.10. The summed E-state index contributed by atoms with van der Waals surface area (Å²) in [6, 6.07) is 2.85. The molecule has 1 atom stereocenters. The van der Waals surface area contributed by atoms with Crippen molar-refractivity contribution in [2.24, 2.45) is 5.92 Å². The zero-order valence-corrected chi connectivity index (χ0v) is 11.3. The average Bonchev–Trinajstić information content (AvgIpc) is 2.27. The molecule has 0 aliphatic rings. The zero-order valence-electron chi connectivity index (χ0n) is 11.3. The molecule has 0 amide bonds. The fraction of sp³-hybridized carbons (Fsp3) is 0.571. The normalized spacial score (nSPS) is 13.9. The Morgan fingerprint density at radius 1 is 1.16 bits per heavy atom. The number of rotatable bonds is 5. The second-order valence-corrected chi connectivity index (χ2v) is 4.99. The van der Waals surface area contributed by atoms with E-state index in [1.165, 1.54) is 0 Å². The van der Waals surface area contributed by atoms with Crippen LogP contribution in [0, 0.1) is 11.7 Å². The molecule has 19 heavy (non-hydrogen) atoms. The number of halogens is 4. The molecule has 1 nitrogen and oxygen atoms in total. The topological polar surface area (TPSA) is 12.0 Å². The van der Waals surface area contributed by atoms with E-state index in [4.69, 9.17) is 0 Å². The van der Waals surface area contributed by atoms with Crippen molar-refractivity contribution in [1.82, 2.24) is 5.32 Å². The Labute approximate surface area is 111 Å². The van der Waals surface area contributed by atoms with Crippen LogP contribution < -0.4 is 5.32 Å². The van der Waals surface area contributed by atoms with Crippen LogP contribution in [0.4, 0.5) is 17.6 Å². The molecule has 1 aromatic carbocycles. The lowest BCUT2D eigenvalue weighted by atomic mass is 10.0. The highest BCUT2D eigenvalue weighted by Gasteiger charge is 2.31. The lowest BCUT2D eigenvalue weighted by molar-refractivity contribution is -0.137. The number of hydrogen-bond donors (Lipinski definition) is 1. The van der Waals surface area contributed by atoms with Crippen LogP contribution in [0.3, 0.4) is 0 Å². The van der Waals surface area contributed by atoms with Crippen molar-refractivity contribution < 1.29 is 17.6 Å². The number of alkyl halides is 3. The highest BCUT2D eigenvalue weighted by molar-refractivity contribution is 5.26. The Hall–Kier alpha value is -1.10. The van der Waals surface area contributed by atoms with Crippen molar-refractivity contribution in [2.75, 3.05) is 0 Å². The van der Waals surface area contributed by atoms with E-state index in [0.29, 0.717) is 17.5 Å². The van der Waals surface area contributed by atoms with Crippen LogP contribution >= 0.6 is 0 Å². The highest BCUT2D eigenvalue weighted by Crippen LogP contribution is 2.30. The molecule has 1 aromatic rings. The van der Waals surface area contributed by atoms with E-state index in [2.05, 4.69) is 5.32 Å². The molecule has 0 saturated heterocycles. The highest BCUT2D eigenvalue weighted by atomic mass is 19.4. The second kappa shape index (κ2) is 6.37. The maximum Gasteiger partial charge on any atom is 0.416 e. The molecule has 1 N–H and O–H groups in total. The molecular weight excluding hydrogens is 258 g/mol. The van der Waals surface area contributed by atoms with Gasteiger partial charge in [0.25, 0.3) is 0 Å². The summed E-state index contributed by atoms with van der Waals surface area (Å²) in [4.78, 5) is 0. The lowest BCUT2D eigenvalue weighted by Gasteiger charge is -2.21. The Balaban J connectivity index is 2.82. The fourth-order valence-corrected chi connectivity index (χ4v) is 2.02. The summed E-state index contributed by atoms with van der Waals surface area (Å²) >= 11 is 0. The van der Waals surface area contributed by atoms with Crippen molar-refractivity contribution >= 4 is 0 Å². The molecule has 5 heteroatoms. The molecule has 0 heterocycles. The van der Waals surface area contributed by atoms with Gasteiger partial charge in [-0.15, -0.1) is 0 Å². The summed E-state index contributed by atoms with van der Waals surface area (Å²) in [5.41, 5.74) is -0.631. The summed E-state index contributed by atoms with van der Waals surface area (Å²) in [5.74, 6) is -0.482. The fourth-order valence-electron chi connectivity index (χ4n) is 2.02. The molecule has 0 radical (unpaired) electrons. The summed E-state index contributed by atoms with van der Waals surface area (Å²) in [6.45, 7) is 6.31. The molecule has 0 aliphatic heterocycles. The van der Waals surface area contributed by atoms with Crippen molar-refractivity contribution in [3.8, 4) is 0 Å². The largest absolute Gasteiger partial charge is 0.416 e. The first-order chi connectivity index (χ1) is 8.74. The SMILES string of the molecule is CCC(NCc1cc(F)cc(C(F)(F)F)c1)C(C)C. The van der Waals surface area contributed by atoms with Crippen LogP contribution in [0.2, 0.25) is 0 Å². The van der Waals surface area contributed by atoms with Gasteiger partial charge in [0, 0.05) is 12.6 Å². The van der Waals surface area contributed by atoms with E-state index in [1.807, 2.05) is 20.8 Å². The molecule has 0 bridgehead atoms. The zero-order chi connectivity index (χ0) is 14.6. The summed E-state index contributed by atoms with van der Waals surface area (Å²) in [7, 11) is 0. The smallest absolute Gasteiger partial charge is 0.310 e. The van der Waals surface area contributed by atoms with E-state index >= 15 is 0 Å². The van der Waals surface area contributed by atoms with Crippen LogP contribution in [0.5, 0.6) is 0 Å². The standard InChI is InChI=1S/C14H19F4N/c1-4-13(9(2)3)19-8-10-5-11(14(16,17)18)7-12(15)6-10/h5-7,9,13,19H,4,8H2,1-3H3. The Morgan fingerprint density at radius 2 is 1.79 bits per heavy atom. The van der Waals surface area contributed by atoms with E-state index in [1.54, 1.807) is 0 Å². The monoisotopic (exact) mass is 277 g/mol. The van der Waals surface area contributed by atoms with Gasteiger partial charge in [0.15, 0.2) is 0 Å². The molecule has 0 fully saturated rings. The molecular formula is C14H19F4N. The van der Waals surface area contributed by atoms with E-state index < -0.39 is 17.6 Å². The van der Waals surface area contributed by atoms with Gasteiger partial charge in [-0.2, -0.15) is 13.2 Å². The van der Waals surface area contributed by atoms with Crippen molar-refractivity contribution in [3.05, 3.63) is 35.1 Å². The van der Waals surface area contributed by atoms with Gasteiger partial charge in [-0.1, -0.05) is 20.8 Å². The Bertz CT molecular complexity index is 412. The number of nitrogens with one attached hydrogen (secondary N) is 1. The third-order valence-corrected chi connectivity index (χ3v) is 3.10. The first kappa shape index (κ1) is 16.0. The van der Waals surface area contributed by atoms with Crippen LogP contribution in [0.1, 0.15) is 38.3 Å². The van der Waals surface area contributed by atoms with E-state index in [-0.39, 0.29) is 12.6 Å². The Morgan fingerprint density at radius 3 is 2.26 bits per heavy atom. The minimum atomic E-state index is -4.51. The van der Waals surface area contributed by atoms with Crippen molar-refractivity contribution in [3.63, 3.8) is 0 Å². The minimum absolute atomic E-state index is 0.206. The second-order valence-electron chi connectivity index (χ2n) is 4.99. The summed E-state index contributed by atoms with van der Waals surface area (Å²) in [6.07, 6.45) is -3.64. The van der Waals surface area contributed by atoms with Gasteiger partial charge in [-0.05, 0) is 36.1 Å². The first-order valence-electron chi connectivity index (χ1n) is 6.34. The number of benzene rings is 1. The van der Waals surface area contributed by atoms with E-state index in [9.17, 15) is 17.6 Å². The maximum atomic E-state index is 13.2.